The molecule has 42 heavy (non-hydrogen) atoms. The molecule has 0 aromatic rings. The third kappa shape index (κ3) is 42.2. The Kier molecular flexibility index (Phi) is 39.6. The molecule has 0 spiro atoms. The summed E-state index contributed by atoms with van der Waals surface area (Å²) in [5.41, 5.74) is 15.8. The minimum Gasteiger partial charge on any atom is -0.756 e. The predicted octanol–water partition coefficient (Wildman–Crippen LogP) is -0.274. The standard InChI is InChI=1S/2C7H18NO5P.C7H18NO4P.H2O/c2*8-5-3-1-2-4-6-12-14(10,11)13-7-9;1-11-13(9,10)12-7-5-3-2-4-6-8;/h2*9H,1-8H2,(H,10,11);2-8H2,1H3,(H,9,10);1H2/p-3. The number of hydrogen-bond donors (Lipinski definition) is 5. The lowest BCUT2D eigenvalue weighted by molar-refractivity contribution is -0.232. The summed E-state index contributed by atoms with van der Waals surface area (Å²) in [6.07, 6.45) is 10.4. The molecule has 10 N–H and O–H groups in total. The third-order valence-corrected chi connectivity index (χ3v) is 7.51. The van der Waals surface area contributed by atoms with Crippen molar-refractivity contribution >= 4 is 23.5 Å². The van der Waals surface area contributed by atoms with Gasteiger partial charge in [0.1, 0.15) is 0 Å². The van der Waals surface area contributed by atoms with Gasteiger partial charge in [-0.05, 0) is 58.2 Å². The minimum absolute atomic E-state index is 0. The van der Waals surface area contributed by atoms with Gasteiger partial charge in [-0.25, -0.2) is 0 Å². The molecule has 0 heterocycles. The van der Waals surface area contributed by atoms with Crippen molar-refractivity contribution in [2.24, 2.45) is 17.2 Å². The topological polar surface area (TPSA) is 326 Å². The molecule has 0 aromatic carbocycles. The number of nitrogens with two attached hydrogens (primary N) is 3. The van der Waals surface area contributed by atoms with Gasteiger partial charge in [-0.3, -0.25) is 22.7 Å². The van der Waals surface area contributed by atoms with Gasteiger partial charge in [0.05, 0.1) is 19.8 Å². The Hall–Kier alpha value is 0.0900. The Bertz CT molecular complexity index is 661. The molecule has 0 aliphatic carbocycles. The van der Waals surface area contributed by atoms with Crippen molar-refractivity contribution in [1.82, 2.24) is 0 Å². The van der Waals surface area contributed by atoms with Gasteiger partial charge in [-0.15, -0.1) is 0 Å². The van der Waals surface area contributed by atoms with Crippen molar-refractivity contribution in [3.63, 3.8) is 0 Å². The molecule has 21 heteroatoms. The van der Waals surface area contributed by atoms with E-state index >= 15 is 0 Å². The maximum absolute atomic E-state index is 10.7. The van der Waals surface area contributed by atoms with Crippen LogP contribution in [0.5, 0.6) is 0 Å². The first-order valence-corrected chi connectivity index (χ1v) is 17.8. The molecule has 0 aliphatic rings. The van der Waals surface area contributed by atoms with E-state index in [-0.39, 0.29) is 25.3 Å². The van der Waals surface area contributed by atoms with Crippen LogP contribution in [0.3, 0.4) is 0 Å². The molecule has 0 rings (SSSR count). The van der Waals surface area contributed by atoms with E-state index in [2.05, 4.69) is 27.1 Å². The Morgan fingerprint density at radius 3 is 1.00 bits per heavy atom. The summed E-state index contributed by atoms with van der Waals surface area (Å²) >= 11 is 0. The summed E-state index contributed by atoms with van der Waals surface area (Å²) in [6, 6.07) is 0. The van der Waals surface area contributed by atoms with Crippen molar-refractivity contribution in [2.45, 2.75) is 77.0 Å². The number of hydrogen-bond acceptors (Lipinski definition) is 17. The predicted molar refractivity (Wildman–Crippen MR) is 150 cm³/mol. The molecule has 0 aromatic heterocycles. The van der Waals surface area contributed by atoms with E-state index in [0.29, 0.717) is 32.5 Å². The number of rotatable bonds is 26. The highest BCUT2D eigenvalue weighted by Crippen LogP contribution is 2.38. The molecular formula is C21H53N3O15P3-3. The summed E-state index contributed by atoms with van der Waals surface area (Å²) in [6.45, 7) is 0.583. The van der Waals surface area contributed by atoms with Crippen LogP contribution in [0.4, 0.5) is 0 Å². The van der Waals surface area contributed by atoms with Gasteiger partial charge in [0.15, 0.2) is 13.6 Å². The molecule has 0 aliphatic heterocycles. The Morgan fingerprint density at radius 1 is 0.500 bits per heavy atom. The van der Waals surface area contributed by atoms with E-state index in [1.165, 1.54) is 0 Å². The highest BCUT2D eigenvalue weighted by atomic mass is 31.2. The van der Waals surface area contributed by atoms with Gasteiger partial charge in [0.2, 0.25) is 0 Å². The molecule has 260 valence electrons. The first kappa shape index (κ1) is 49.0. The molecule has 0 saturated heterocycles. The second-order valence-corrected chi connectivity index (χ2v) is 12.5. The average Bonchev–Trinajstić information content (AvgIpc) is 2.91. The fraction of sp³-hybridized carbons (Fsp3) is 1.00. The monoisotopic (exact) mass is 680 g/mol. The van der Waals surface area contributed by atoms with E-state index in [0.717, 1.165) is 71.3 Å². The zero-order chi connectivity index (χ0) is 31.9. The summed E-state index contributed by atoms with van der Waals surface area (Å²) in [7, 11) is -11.5. The fourth-order valence-corrected chi connectivity index (χ4v) is 4.19. The van der Waals surface area contributed by atoms with Crippen LogP contribution in [-0.4, -0.2) is 75.8 Å². The van der Waals surface area contributed by atoms with Gasteiger partial charge in [0, 0.05) is 7.11 Å². The van der Waals surface area contributed by atoms with Crippen LogP contribution >= 0.6 is 23.5 Å². The second-order valence-electron chi connectivity index (χ2n) is 8.15. The smallest absolute Gasteiger partial charge is 0.269 e. The number of phosphoric acid groups is 3. The van der Waals surface area contributed by atoms with E-state index in [1.54, 1.807) is 0 Å². The van der Waals surface area contributed by atoms with Gasteiger partial charge in [-0.2, -0.15) is 0 Å². The Balaban J connectivity index is -0.000000255. The zero-order valence-corrected chi connectivity index (χ0v) is 27.2. The van der Waals surface area contributed by atoms with Gasteiger partial charge < -0.3 is 65.7 Å². The molecule has 0 radical (unpaired) electrons. The van der Waals surface area contributed by atoms with Crippen LogP contribution in [0, 0.1) is 0 Å². The zero-order valence-electron chi connectivity index (χ0n) is 24.5. The molecule has 0 amide bonds. The second kappa shape index (κ2) is 34.0. The molecule has 0 saturated carbocycles. The normalized spacial score (nSPS) is 15.1. The number of aliphatic hydroxyl groups is 2. The van der Waals surface area contributed by atoms with Crippen molar-refractivity contribution < 1.29 is 71.2 Å². The van der Waals surface area contributed by atoms with E-state index < -0.39 is 37.1 Å². The quantitative estimate of drug-likeness (QED) is 0.0445. The Morgan fingerprint density at radius 2 is 0.762 bits per heavy atom. The third-order valence-electron chi connectivity index (χ3n) is 4.70. The van der Waals surface area contributed by atoms with Crippen LogP contribution in [0.15, 0.2) is 0 Å². The summed E-state index contributed by atoms with van der Waals surface area (Å²) < 4.78 is 57.5. The van der Waals surface area contributed by atoms with Crippen molar-refractivity contribution in [2.75, 3.05) is 60.2 Å². The van der Waals surface area contributed by atoms with E-state index in [9.17, 15) is 28.4 Å². The Labute approximate surface area is 249 Å². The molecule has 3 unspecified atom stereocenters. The number of aliphatic hydroxyl groups excluding tert-OH is 2. The molecule has 18 nitrogen and oxygen atoms in total. The molecule has 3 atom stereocenters. The van der Waals surface area contributed by atoms with Gasteiger partial charge in [-0.1, -0.05) is 38.5 Å². The first-order valence-electron chi connectivity index (χ1n) is 13.4. The van der Waals surface area contributed by atoms with Crippen molar-refractivity contribution in [1.29, 1.82) is 0 Å². The van der Waals surface area contributed by atoms with Crippen LogP contribution in [0.25, 0.3) is 0 Å². The maximum atomic E-state index is 10.7. The largest absolute Gasteiger partial charge is 0.756 e. The molecule has 0 bridgehead atoms. The lowest BCUT2D eigenvalue weighted by Gasteiger charge is -2.20. The molecule has 0 fully saturated rings. The van der Waals surface area contributed by atoms with Crippen LogP contribution in [0.2, 0.25) is 0 Å². The van der Waals surface area contributed by atoms with Crippen LogP contribution in [0.1, 0.15) is 77.0 Å². The summed E-state index contributed by atoms with van der Waals surface area (Å²) in [5.74, 6) is 0. The minimum atomic E-state index is -4.27. The highest BCUT2D eigenvalue weighted by Gasteiger charge is 2.08. The highest BCUT2D eigenvalue weighted by molar-refractivity contribution is 7.46. The lowest BCUT2D eigenvalue weighted by atomic mass is 10.2. The van der Waals surface area contributed by atoms with Crippen LogP contribution < -0.4 is 31.9 Å². The number of phosphoric ester groups is 3. The molecular weight excluding hydrogens is 627 g/mol. The van der Waals surface area contributed by atoms with E-state index in [4.69, 9.17) is 27.4 Å². The first-order chi connectivity index (χ1) is 19.4. The average molecular weight is 681 g/mol. The SMILES string of the molecule is COP(=O)([O-])OCCCCCCN.NCCCCCCOP(=O)([O-])OCO.NCCCCCCOP(=O)([O-])OCO.O. The van der Waals surface area contributed by atoms with E-state index in [1.807, 2.05) is 0 Å². The van der Waals surface area contributed by atoms with Gasteiger partial charge in [0.25, 0.3) is 23.5 Å². The fourth-order valence-electron chi connectivity index (χ4n) is 2.60. The summed E-state index contributed by atoms with van der Waals surface area (Å²) in [5, 5.41) is 16.4. The summed E-state index contributed by atoms with van der Waals surface area (Å²) in [4.78, 5) is 32.1. The van der Waals surface area contributed by atoms with Crippen LogP contribution in [-0.2, 0) is 40.8 Å². The van der Waals surface area contributed by atoms with Gasteiger partial charge >= 0.3 is 0 Å². The van der Waals surface area contributed by atoms with Crippen molar-refractivity contribution in [3.8, 4) is 0 Å². The maximum Gasteiger partial charge on any atom is 0.269 e. The lowest BCUT2D eigenvalue weighted by Crippen LogP contribution is -2.09. The van der Waals surface area contributed by atoms with Crippen molar-refractivity contribution in [3.05, 3.63) is 0 Å². The number of unbranched alkanes of at least 4 members (excludes halogenated alkanes) is 9.